The Kier molecular flexibility index (Phi) is 5.95. The molecule has 0 spiro atoms. The zero-order valence-electron chi connectivity index (χ0n) is 19.2. The van der Waals surface area contributed by atoms with Crippen molar-refractivity contribution in [3.63, 3.8) is 0 Å². The number of nitrogens with zero attached hydrogens (tertiary/aromatic N) is 2. The third kappa shape index (κ3) is 4.15. The predicted octanol–water partition coefficient (Wildman–Crippen LogP) is 5.45. The molecule has 2 heterocycles. The number of hydrogen-bond acceptors (Lipinski definition) is 5. The first-order valence-electron chi connectivity index (χ1n) is 11.5. The monoisotopic (exact) mass is 428 g/mol. The first-order chi connectivity index (χ1) is 14.2. The highest BCUT2D eigenvalue weighted by Crippen LogP contribution is 2.47. The molecule has 3 aliphatic rings. The topological polar surface area (TPSA) is 41.9 Å². The van der Waals surface area contributed by atoms with Crippen molar-refractivity contribution in [2.24, 2.45) is 10.9 Å². The zero-order valence-corrected chi connectivity index (χ0v) is 20.0. The van der Waals surface area contributed by atoms with E-state index in [1.54, 1.807) is 0 Å². The van der Waals surface area contributed by atoms with Crippen molar-refractivity contribution in [1.82, 2.24) is 4.90 Å². The Bertz CT molecular complexity index is 838. The van der Waals surface area contributed by atoms with E-state index >= 15 is 0 Å². The fourth-order valence-electron chi connectivity index (χ4n) is 5.09. The summed E-state index contributed by atoms with van der Waals surface area (Å²) in [5, 5.41) is 1.15. The zero-order chi connectivity index (χ0) is 21.5. The lowest BCUT2D eigenvalue weighted by Crippen LogP contribution is -2.39. The lowest BCUT2D eigenvalue weighted by molar-refractivity contribution is -0.149. The summed E-state index contributed by atoms with van der Waals surface area (Å²) < 4.78 is 5.20. The van der Waals surface area contributed by atoms with Crippen LogP contribution in [0, 0.1) is 5.92 Å². The minimum Gasteiger partial charge on any atom is -0.466 e. The van der Waals surface area contributed by atoms with Gasteiger partial charge in [-0.15, -0.1) is 0 Å². The second-order valence-electron chi connectivity index (χ2n) is 10.3. The highest BCUT2D eigenvalue weighted by atomic mass is 32.2. The van der Waals surface area contributed by atoms with Crippen LogP contribution in [0.5, 0.6) is 0 Å². The van der Waals surface area contributed by atoms with Crippen LogP contribution in [0.4, 0.5) is 0 Å². The van der Waals surface area contributed by atoms with E-state index < -0.39 is 0 Å². The number of piperidine rings is 1. The first kappa shape index (κ1) is 21.7. The maximum Gasteiger partial charge on any atom is 0.309 e. The summed E-state index contributed by atoms with van der Waals surface area (Å²) in [4.78, 5) is 19.5. The molecule has 164 valence electrons. The van der Waals surface area contributed by atoms with Gasteiger partial charge in [0.2, 0.25) is 0 Å². The molecule has 0 N–H and O–H groups in total. The highest BCUT2D eigenvalue weighted by Gasteiger charge is 2.38. The number of rotatable bonds is 3. The Morgan fingerprint density at radius 3 is 2.47 bits per heavy atom. The van der Waals surface area contributed by atoms with Gasteiger partial charge in [0.05, 0.1) is 18.6 Å². The van der Waals surface area contributed by atoms with E-state index in [-0.39, 0.29) is 28.8 Å². The molecule has 0 bridgehead atoms. The fourth-order valence-corrected chi connectivity index (χ4v) is 6.23. The molecule has 1 aromatic carbocycles. The van der Waals surface area contributed by atoms with Gasteiger partial charge in [0, 0.05) is 18.8 Å². The van der Waals surface area contributed by atoms with Gasteiger partial charge in [0.25, 0.3) is 0 Å². The summed E-state index contributed by atoms with van der Waals surface area (Å²) in [5.74, 6) is 1.03. The van der Waals surface area contributed by atoms with Gasteiger partial charge < -0.3 is 9.64 Å². The van der Waals surface area contributed by atoms with Crippen LogP contribution in [0.2, 0.25) is 0 Å². The van der Waals surface area contributed by atoms with Crippen LogP contribution in [0.3, 0.4) is 0 Å². The number of benzene rings is 1. The summed E-state index contributed by atoms with van der Waals surface area (Å²) in [6, 6.07) is 7.36. The molecule has 0 amide bonds. The van der Waals surface area contributed by atoms with E-state index in [0.717, 1.165) is 36.9 Å². The summed E-state index contributed by atoms with van der Waals surface area (Å²) >= 11 is 1.87. The Morgan fingerprint density at radius 1 is 1.13 bits per heavy atom. The average molecular weight is 429 g/mol. The minimum atomic E-state index is -0.0318. The Balaban J connectivity index is 1.48. The van der Waals surface area contributed by atoms with Gasteiger partial charge in [-0.3, -0.25) is 9.79 Å². The van der Waals surface area contributed by atoms with Crippen LogP contribution in [-0.2, 0) is 20.4 Å². The molecule has 1 aliphatic carbocycles. The summed E-state index contributed by atoms with van der Waals surface area (Å²) in [5.41, 5.74) is 4.86. The van der Waals surface area contributed by atoms with Gasteiger partial charge in [0.1, 0.15) is 0 Å². The maximum absolute atomic E-state index is 12.0. The second-order valence-corrected chi connectivity index (χ2v) is 11.3. The smallest absolute Gasteiger partial charge is 0.309 e. The van der Waals surface area contributed by atoms with Gasteiger partial charge in [0.15, 0.2) is 5.17 Å². The molecular weight excluding hydrogens is 392 g/mol. The number of amidine groups is 1. The van der Waals surface area contributed by atoms with E-state index in [4.69, 9.17) is 9.73 Å². The minimum absolute atomic E-state index is 0.0318. The molecule has 5 heteroatoms. The largest absolute Gasteiger partial charge is 0.466 e. The van der Waals surface area contributed by atoms with Crippen molar-refractivity contribution in [2.75, 3.05) is 25.4 Å². The van der Waals surface area contributed by atoms with Gasteiger partial charge in [-0.05, 0) is 60.1 Å². The van der Waals surface area contributed by atoms with E-state index in [2.05, 4.69) is 50.8 Å². The molecule has 1 fully saturated rings. The number of ether oxygens (including phenoxy) is 1. The average Bonchev–Trinajstić information content (AvgIpc) is 3.22. The van der Waals surface area contributed by atoms with Crippen LogP contribution in [0.25, 0.3) is 0 Å². The Morgan fingerprint density at radius 2 is 1.80 bits per heavy atom. The molecule has 1 saturated heterocycles. The van der Waals surface area contributed by atoms with Crippen molar-refractivity contribution in [3.05, 3.63) is 34.9 Å². The third-order valence-corrected chi connectivity index (χ3v) is 8.39. The van der Waals surface area contributed by atoms with Gasteiger partial charge in [-0.25, -0.2) is 0 Å². The molecular formula is C25H36N2O2S. The first-order valence-corrected chi connectivity index (χ1v) is 12.5. The molecule has 0 aromatic heterocycles. The predicted molar refractivity (Wildman–Crippen MR) is 125 cm³/mol. The van der Waals surface area contributed by atoms with Crippen LogP contribution < -0.4 is 0 Å². The standard InChI is InChI=1S/C25H36N2O2S/c1-6-29-22(28)17-9-13-27(14-10-17)23-26-21(16-30-23)18-7-8-19-20(15-18)25(4,5)12-11-24(19,2)3/h7-8,15,17,21H,6,9-14,16H2,1-5H3. The van der Waals surface area contributed by atoms with Crippen molar-refractivity contribution in [3.8, 4) is 0 Å². The normalized spacial score (nSPS) is 25.6. The molecule has 2 aliphatic heterocycles. The molecule has 4 nitrogen and oxygen atoms in total. The SMILES string of the molecule is CCOC(=O)C1CCN(C2=NC(c3ccc4c(c3)C(C)(C)CCC4(C)C)CS2)CC1. The summed E-state index contributed by atoms with van der Waals surface area (Å²) in [6.07, 6.45) is 4.21. The number of fused-ring (bicyclic) bond motifs is 1. The molecule has 0 saturated carbocycles. The quantitative estimate of drug-likeness (QED) is 0.600. The molecule has 30 heavy (non-hydrogen) atoms. The van der Waals surface area contributed by atoms with E-state index in [1.165, 1.54) is 29.5 Å². The van der Waals surface area contributed by atoms with Crippen LogP contribution in [0.1, 0.15) is 83.0 Å². The van der Waals surface area contributed by atoms with Crippen molar-refractivity contribution in [1.29, 1.82) is 0 Å². The number of thioether (sulfide) groups is 1. The summed E-state index contributed by atoms with van der Waals surface area (Å²) in [7, 11) is 0. The number of likely N-dealkylation sites (tertiary alicyclic amines) is 1. The van der Waals surface area contributed by atoms with E-state index in [0.29, 0.717) is 6.61 Å². The lowest BCUT2D eigenvalue weighted by atomic mass is 9.63. The molecule has 1 unspecified atom stereocenters. The van der Waals surface area contributed by atoms with Crippen molar-refractivity contribution >= 4 is 22.9 Å². The van der Waals surface area contributed by atoms with Crippen LogP contribution >= 0.6 is 11.8 Å². The second kappa shape index (κ2) is 8.22. The maximum atomic E-state index is 12.0. The van der Waals surface area contributed by atoms with Crippen LogP contribution in [0.15, 0.2) is 23.2 Å². The Hall–Kier alpha value is -1.49. The number of carbonyl (C=O) groups is 1. The fraction of sp³-hybridized carbons (Fsp3) is 0.680. The number of esters is 1. The van der Waals surface area contributed by atoms with E-state index in [9.17, 15) is 4.79 Å². The molecule has 4 rings (SSSR count). The highest BCUT2D eigenvalue weighted by molar-refractivity contribution is 8.14. The van der Waals surface area contributed by atoms with Gasteiger partial charge >= 0.3 is 5.97 Å². The van der Waals surface area contributed by atoms with E-state index in [1.807, 2.05) is 18.7 Å². The number of carbonyl (C=O) groups excluding carboxylic acids is 1. The molecule has 0 radical (unpaired) electrons. The number of aliphatic imine (C=N–C) groups is 1. The number of hydrogen-bond donors (Lipinski definition) is 0. The summed E-state index contributed by atoms with van der Waals surface area (Å²) in [6.45, 7) is 13.7. The van der Waals surface area contributed by atoms with Crippen molar-refractivity contribution < 1.29 is 9.53 Å². The Labute approximate surface area is 185 Å². The van der Waals surface area contributed by atoms with Crippen molar-refractivity contribution in [2.45, 2.75) is 77.2 Å². The lowest BCUT2D eigenvalue weighted by Gasteiger charge is -2.42. The van der Waals surface area contributed by atoms with Gasteiger partial charge in [-0.2, -0.15) is 0 Å². The van der Waals surface area contributed by atoms with Crippen LogP contribution in [-0.4, -0.2) is 41.5 Å². The third-order valence-electron chi connectivity index (χ3n) is 7.28. The van der Waals surface area contributed by atoms with Gasteiger partial charge in [-0.1, -0.05) is 57.7 Å². The molecule has 1 aromatic rings. The molecule has 1 atom stereocenters.